The topological polar surface area (TPSA) is 17.1 Å². The third kappa shape index (κ3) is 4.07. The second-order valence-electron chi connectivity index (χ2n) is 6.91. The minimum absolute atomic E-state index is 0.161. The van der Waals surface area contributed by atoms with Crippen molar-refractivity contribution >= 4 is 13.9 Å². The highest BCUT2D eigenvalue weighted by Gasteiger charge is 2.44. The molecule has 0 unspecified atom stereocenters. The van der Waals surface area contributed by atoms with E-state index in [9.17, 15) is 26.7 Å². The molecule has 0 saturated carbocycles. The minimum Gasteiger partial charge on any atom is -0.289 e. The monoisotopic (exact) mass is 350 g/mol. The highest BCUT2D eigenvalue weighted by atomic mass is 28.3. The molecule has 0 bridgehead atoms. The molecule has 0 fully saturated rings. The molecule has 0 atom stereocenters. The van der Waals surface area contributed by atoms with Crippen molar-refractivity contribution in [2.45, 2.75) is 45.1 Å². The van der Waals surface area contributed by atoms with Gasteiger partial charge in [0, 0.05) is 5.56 Å². The molecule has 1 rings (SSSR count). The predicted octanol–water partition coefficient (Wildman–Crippen LogP) is 6.09. The van der Waals surface area contributed by atoms with Gasteiger partial charge in [0.15, 0.2) is 5.78 Å². The van der Waals surface area contributed by atoms with Crippen molar-refractivity contribution in [3.63, 3.8) is 0 Å². The van der Waals surface area contributed by atoms with Gasteiger partial charge in [0.1, 0.15) is 0 Å². The van der Waals surface area contributed by atoms with Crippen LogP contribution in [0.3, 0.4) is 0 Å². The summed E-state index contributed by atoms with van der Waals surface area (Å²) in [6.07, 6.45) is -6.59. The molecule has 0 heterocycles. The molecule has 0 amide bonds. The van der Waals surface area contributed by atoms with Crippen LogP contribution in [-0.4, -0.2) is 13.9 Å². The summed E-state index contributed by atoms with van der Waals surface area (Å²) >= 11 is 0. The molecule has 0 saturated heterocycles. The van der Waals surface area contributed by atoms with Crippen LogP contribution in [0.2, 0.25) is 18.1 Å². The van der Waals surface area contributed by atoms with Crippen LogP contribution in [-0.2, 0) is 6.18 Å². The van der Waals surface area contributed by atoms with E-state index in [1.165, 1.54) is 0 Å². The first-order valence-electron chi connectivity index (χ1n) is 6.97. The lowest BCUT2D eigenvalue weighted by Gasteiger charge is -2.37. The molecule has 0 aliphatic heterocycles. The Kier molecular flexibility index (Phi) is 5.25. The van der Waals surface area contributed by atoms with Gasteiger partial charge in [-0.2, -0.15) is 22.0 Å². The smallest absolute Gasteiger partial charge is 0.289 e. The molecule has 1 aromatic rings. The molecular formula is C16H19F5OSi. The van der Waals surface area contributed by atoms with Gasteiger partial charge in [-0.1, -0.05) is 46.0 Å². The van der Waals surface area contributed by atoms with Crippen LogP contribution in [0.5, 0.6) is 0 Å². The number of halogens is 5. The van der Waals surface area contributed by atoms with E-state index in [1.54, 1.807) is 33.9 Å². The molecule has 23 heavy (non-hydrogen) atoms. The van der Waals surface area contributed by atoms with Gasteiger partial charge < -0.3 is 0 Å². The maximum Gasteiger partial charge on any atom is 0.416 e. The summed E-state index contributed by atoms with van der Waals surface area (Å²) in [4.78, 5) is 12.5. The van der Waals surface area contributed by atoms with Crippen molar-refractivity contribution in [2.75, 3.05) is 0 Å². The molecule has 1 aromatic carbocycles. The van der Waals surface area contributed by atoms with Crippen molar-refractivity contribution in [1.82, 2.24) is 0 Å². The third-order valence-corrected chi connectivity index (χ3v) is 9.81. The molecule has 0 aliphatic carbocycles. The molecule has 0 aliphatic rings. The summed E-state index contributed by atoms with van der Waals surface area (Å²) < 4.78 is 64.5. The highest BCUT2D eigenvalue weighted by Crippen LogP contribution is 2.43. The van der Waals surface area contributed by atoms with Gasteiger partial charge in [0.2, 0.25) is 0 Å². The predicted molar refractivity (Wildman–Crippen MR) is 82.2 cm³/mol. The number of ketones is 1. The summed E-state index contributed by atoms with van der Waals surface area (Å²) in [5, 5.41) is -1.04. The molecule has 0 radical (unpaired) electrons. The Morgan fingerprint density at radius 2 is 1.39 bits per heavy atom. The maximum absolute atomic E-state index is 13.4. The second kappa shape index (κ2) is 6.18. The average Bonchev–Trinajstić information content (AvgIpc) is 2.35. The zero-order valence-corrected chi connectivity index (χ0v) is 14.6. The molecule has 0 spiro atoms. The molecule has 1 nitrogen and oxygen atoms in total. The Hall–Kier alpha value is -1.50. The first-order valence-corrected chi connectivity index (χ1v) is 9.97. The van der Waals surface area contributed by atoms with Crippen molar-refractivity contribution in [3.8, 4) is 0 Å². The molecule has 7 heteroatoms. The Balaban J connectivity index is 3.33. The lowest BCUT2D eigenvalue weighted by molar-refractivity contribution is -0.137. The summed E-state index contributed by atoms with van der Waals surface area (Å²) in [5.41, 5.74) is -1.08. The Labute approximate surface area is 133 Å². The van der Waals surface area contributed by atoms with E-state index in [-0.39, 0.29) is 5.56 Å². The van der Waals surface area contributed by atoms with Crippen LogP contribution in [0.1, 0.15) is 36.7 Å². The number of hydrogen-bond acceptors (Lipinski definition) is 1. The van der Waals surface area contributed by atoms with Crippen LogP contribution in [0, 0.1) is 0 Å². The van der Waals surface area contributed by atoms with E-state index in [1.807, 2.05) is 0 Å². The van der Waals surface area contributed by atoms with Crippen molar-refractivity contribution in [1.29, 1.82) is 0 Å². The average molecular weight is 350 g/mol. The number of benzene rings is 1. The first-order chi connectivity index (χ1) is 10.2. The zero-order chi connectivity index (χ0) is 18.2. The number of hydrogen-bond donors (Lipinski definition) is 0. The van der Waals surface area contributed by atoms with Crippen molar-refractivity contribution in [3.05, 3.63) is 46.7 Å². The molecule has 0 aromatic heterocycles. The summed E-state index contributed by atoms with van der Waals surface area (Å²) in [5.74, 6) is -0.898. The van der Waals surface area contributed by atoms with Crippen molar-refractivity contribution < 1.29 is 26.7 Å². The summed E-state index contributed by atoms with van der Waals surface area (Å²) in [6.45, 7) is 8.65. The zero-order valence-electron chi connectivity index (χ0n) is 13.6. The Morgan fingerprint density at radius 3 is 1.70 bits per heavy atom. The second-order valence-corrected chi connectivity index (χ2v) is 12.2. The summed E-state index contributed by atoms with van der Waals surface area (Å²) in [7, 11) is -2.84. The number of carbonyl (C=O) groups is 1. The largest absolute Gasteiger partial charge is 0.416 e. The standard InChI is InChI=1S/C16H19F5OSi/c1-15(2,3)23(4,5)13(14(17)18)12(22)10-6-8-11(9-7-10)16(19,20)21/h6-9H,1-5H3. The van der Waals surface area contributed by atoms with E-state index in [0.717, 1.165) is 24.3 Å². The highest BCUT2D eigenvalue weighted by molar-refractivity contribution is 6.91. The number of allylic oxidation sites excluding steroid dienone is 1. The van der Waals surface area contributed by atoms with Gasteiger partial charge in [-0.3, -0.25) is 4.79 Å². The fraction of sp³-hybridized carbons (Fsp3) is 0.438. The fourth-order valence-electron chi connectivity index (χ4n) is 1.94. The van der Waals surface area contributed by atoms with Gasteiger partial charge in [-0.05, 0) is 17.2 Å². The maximum atomic E-state index is 13.4. The van der Waals surface area contributed by atoms with Gasteiger partial charge in [-0.25, -0.2) is 0 Å². The van der Waals surface area contributed by atoms with E-state index in [0.29, 0.717) is 0 Å². The lowest BCUT2D eigenvalue weighted by atomic mass is 10.1. The van der Waals surface area contributed by atoms with Gasteiger partial charge in [0.05, 0.1) is 18.8 Å². The fourth-order valence-corrected chi connectivity index (χ4v) is 3.87. The number of alkyl halides is 3. The van der Waals surface area contributed by atoms with Crippen LogP contribution >= 0.6 is 0 Å². The normalized spacial score (nSPS) is 13.0. The van der Waals surface area contributed by atoms with E-state index < -0.39 is 41.9 Å². The molecule has 0 N–H and O–H groups in total. The Morgan fingerprint density at radius 1 is 0.957 bits per heavy atom. The third-order valence-electron chi connectivity index (χ3n) is 4.39. The van der Waals surface area contributed by atoms with Gasteiger partial charge in [-0.15, -0.1) is 0 Å². The number of rotatable bonds is 3. The van der Waals surface area contributed by atoms with Gasteiger partial charge >= 0.3 is 6.18 Å². The summed E-state index contributed by atoms with van der Waals surface area (Å²) in [6, 6.07) is 3.35. The van der Waals surface area contributed by atoms with Gasteiger partial charge in [0.25, 0.3) is 6.08 Å². The van der Waals surface area contributed by atoms with E-state index >= 15 is 0 Å². The number of Topliss-reactive ketones (excluding diaryl/α,β-unsaturated/α-hetero) is 1. The first kappa shape index (κ1) is 19.5. The van der Waals surface area contributed by atoms with Crippen molar-refractivity contribution in [2.24, 2.45) is 0 Å². The quantitative estimate of drug-likeness (QED) is 0.279. The van der Waals surface area contributed by atoms with E-state index in [4.69, 9.17) is 0 Å². The van der Waals surface area contributed by atoms with Crippen LogP contribution < -0.4 is 0 Å². The lowest BCUT2D eigenvalue weighted by Crippen LogP contribution is -2.43. The van der Waals surface area contributed by atoms with Crippen LogP contribution in [0.4, 0.5) is 22.0 Å². The van der Waals surface area contributed by atoms with Crippen LogP contribution in [0.15, 0.2) is 35.5 Å². The SMILES string of the molecule is CC(C)(C)[Si](C)(C)C(C(=O)c1ccc(C(F)(F)F)cc1)=C(F)F. The Bertz CT molecular complexity index is 617. The van der Waals surface area contributed by atoms with E-state index in [2.05, 4.69) is 0 Å². The molecular weight excluding hydrogens is 331 g/mol. The number of carbonyl (C=O) groups excluding carboxylic acids is 1. The minimum atomic E-state index is -4.54. The molecule has 128 valence electrons. The van der Waals surface area contributed by atoms with Crippen LogP contribution in [0.25, 0.3) is 0 Å².